The van der Waals surface area contributed by atoms with Crippen molar-refractivity contribution in [3.63, 3.8) is 0 Å². The van der Waals surface area contributed by atoms with E-state index in [1.165, 1.54) is 0 Å². The van der Waals surface area contributed by atoms with E-state index in [0.717, 1.165) is 84.2 Å². The maximum atomic E-state index is 5.50. The minimum absolute atomic E-state index is 0.458. The van der Waals surface area contributed by atoms with Crippen LogP contribution in [0, 0.1) is 87.0 Å². The van der Waals surface area contributed by atoms with Gasteiger partial charge in [-0.15, -0.1) is 12.8 Å². The lowest BCUT2D eigenvalue weighted by Crippen LogP contribution is -2.45. The predicted octanol–water partition coefficient (Wildman–Crippen LogP) is 5.81. The Hall–Kier alpha value is -6.14. The third-order valence-corrected chi connectivity index (χ3v) is 8.68. The highest BCUT2D eigenvalue weighted by Gasteiger charge is 2.20. The van der Waals surface area contributed by atoms with Crippen LogP contribution in [0.1, 0.15) is 50.1 Å². The van der Waals surface area contributed by atoms with E-state index < -0.39 is 0 Å². The highest BCUT2D eigenvalue weighted by molar-refractivity contribution is 5.76. The fourth-order valence-corrected chi connectivity index (χ4v) is 6.42. The van der Waals surface area contributed by atoms with Gasteiger partial charge in [-0.05, 0) is 117 Å². The van der Waals surface area contributed by atoms with E-state index in [9.17, 15) is 0 Å². The summed E-state index contributed by atoms with van der Waals surface area (Å²) in [5.74, 6) is 6.63. The maximum absolute atomic E-state index is 5.50. The van der Waals surface area contributed by atoms with Gasteiger partial charge < -0.3 is 21.3 Å². The molecule has 49 heavy (non-hydrogen) atoms. The molecule has 0 fully saturated rings. The van der Waals surface area contributed by atoms with Gasteiger partial charge in [0.15, 0.2) is 0 Å². The van der Waals surface area contributed by atoms with Gasteiger partial charge >= 0.3 is 11.6 Å². The number of hydrogen-bond donors (Lipinski definition) is 8. The molecule has 252 valence electrons. The lowest BCUT2D eigenvalue weighted by Gasteiger charge is -2.17. The van der Waals surface area contributed by atoms with Crippen LogP contribution < -0.4 is 41.7 Å². The van der Waals surface area contributed by atoms with Crippen molar-refractivity contribution in [1.82, 2.24) is 20.6 Å². The van der Waals surface area contributed by atoms with Gasteiger partial charge in [0.25, 0.3) is 0 Å². The second-order valence-electron chi connectivity index (χ2n) is 12.4. The number of aromatic nitrogens is 6. The molecule has 0 aliphatic heterocycles. The van der Waals surface area contributed by atoms with Crippen LogP contribution in [0.4, 0.5) is 45.8 Å². The summed E-state index contributed by atoms with van der Waals surface area (Å²) >= 11 is 0. The van der Waals surface area contributed by atoms with Crippen molar-refractivity contribution in [3.8, 4) is 24.7 Å². The zero-order valence-corrected chi connectivity index (χ0v) is 29.7. The van der Waals surface area contributed by atoms with Crippen LogP contribution >= 0.6 is 0 Å². The number of H-pyrrole nitrogens is 2. The Morgan fingerprint density at radius 2 is 0.857 bits per heavy atom. The summed E-state index contributed by atoms with van der Waals surface area (Å²) in [6.07, 6.45) is 14.7. The molecule has 5 rings (SSSR count). The van der Waals surface area contributed by atoms with Crippen LogP contribution in [0.3, 0.4) is 0 Å². The Labute approximate surface area is 288 Å². The van der Waals surface area contributed by atoms with Crippen molar-refractivity contribution in [2.45, 2.75) is 62.3 Å². The zero-order chi connectivity index (χ0) is 35.4. The van der Waals surface area contributed by atoms with Crippen molar-refractivity contribution in [2.24, 2.45) is 0 Å². The minimum atomic E-state index is 0.458. The molecule has 5 aromatic rings. The number of aryl methyl sites for hydroxylation is 6. The van der Waals surface area contributed by atoms with Gasteiger partial charge in [0.2, 0.25) is 12.4 Å². The van der Waals surface area contributed by atoms with Crippen molar-refractivity contribution in [1.29, 1.82) is 0 Å². The normalized spacial score (nSPS) is 10.7. The molecule has 12 heteroatoms. The first kappa shape index (κ1) is 34.2. The van der Waals surface area contributed by atoms with Crippen LogP contribution in [-0.2, 0) is 0 Å². The van der Waals surface area contributed by atoms with Gasteiger partial charge in [0, 0.05) is 28.3 Å². The number of benzene rings is 3. The van der Waals surface area contributed by atoms with E-state index in [2.05, 4.69) is 145 Å². The molecule has 3 aromatic carbocycles. The summed E-state index contributed by atoms with van der Waals surface area (Å²) < 4.78 is 0. The number of nitrogens with zero attached hydrogens (tertiary/aromatic N) is 4. The summed E-state index contributed by atoms with van der Waals surface area (Å²) in [6.45, 7) is 19.6. The molecule has 0 saturated heterocycles. The van der Waals surface area contributed by atoms with Crippen LogP contribution in [0.5, 0.6) is 0 Å². The van der Waals surface area contributed by atoms with Gasteiger partial charge in [-0.1, -0.05) is 39.6 Å². The molecule has 0 saturated carbocycles. The Kier molecular flexibility index (Phi) is 10.00. The first-order valence-electron chi connectivity index (χ1n) is 16.1. The molecule has 0 bridgehead atoms. The third kappa shape index (κ3) is 7.24. The van der Waals surface area contributed by atoms with Gasteiger partial charge in [-0.3, -0.25) is 0 Å². The average Bonchev–Trinajstić information content (AvgIpc) is 3.70. The number of anilines is 8. The SMILES string of the molecule is C#CCNc1c(C)cc(C)c(Nc2c[n+](Nc3c(C)cc(C)c(N[n+]4cc(Nc5c(C)cc(C)c(NCC#C)c5C)n[nH]4)c3C)[nH]n2)c1C. The highest BCUT2D eigenvalue weighted by Crippen LogP contribution is 2.34. The summed E-state index contributed by atoms with van der Waals surface area (Å²) in [6, 6.07) is 6.41. The molecule has 0 atom stereocenters. The summed E-state index contributed by atoms with van der Waals surface area (Å²) in [5.41, 5.74) is 22.7. The number of rotatable bonds is 12. The molecule has 0 radical (unpaired) electrons. The molecule has 0 aliphatic rings. The van der Waals surface area contributed by atoms with Crippen molar-refractivity contribution >= 4 is 45.8 Å². The standard InChI is InChI=1S/C37H44N12/c1-12-14-38-32-21(3)16-23(5)34(27(32)9)40-30-19-48(46-42-30)44-36-25(7)18-26(8)37(29(36)11)45-49-20-31(43-47-49)41-35-24(6)17-22(4)33(28(35)10)39-15-13-2/h1-2,16-20,38-41,44-45H,14-15H2,3-11H3/p+2. The molecular formula is C37H46N12+2. The highest BCUT2D eigenvalue weighted by atomic mass is 15.6. The molecule has 0 amide bonds. The monoisotopic (exact) mass is 658 g/mol. The first-order chi connectivity index (χ1) is 23.4. The van der Waals surface area contributed by atoms with Crippen molar-refractivity contribution < 1.29 is 9.58 Å². The molecule has 12 nitrogen and oxygen atoms in total. The van der Waals surface area contributed by atoms with Gasteiger partial charge in [0.1, 0.15) is 0 Å². The van der Waals surface area contributed by atoms with Gasteiger partial charge in [0.05, 0.1) is 34.7 Å². The molecule has 8 N–H and O–H groups in total. The van der Waals surface area contributed by atoms with E-state index in [1.54, 1.807) is 9.58 Å². The topological polar surface area (TPSA) is 137 Å². The summed E-state index contributed by atoms with van der Waals surface area (Å²) in [4.78, 5) is 3.47. The molecular weight excluding hydrogens is 612 g/mol. The van der Waals surface area contributed by atoms with Gasteiger partial charge in [-0.2, -0.15) is 0 Å². The van der Waals surface area contributed by atoms with Crippen LogP contribution in [0.25, 0.3) is 0 Å². The molecule has 2 heterocycles. The van der Waals surface area contributed by atoms with E-state index in [4.69, 9.17) is 12.8 Å². The third-order valence-electron chi connectivity index (χ3n) is 8.68. The zero-order valence-electron chi connectivity index (χ0n) is 29.7. The van der Waals surface area contributed by atoms with E-state index in [1.807, 2.05) is 12.4 Å². The average molecular weight is 659 g/mol. The second kappa shape index (κ2) is 14.3. The lowest BCUT2D eigenvalue weighted by molar-refractivity contribution is -0.703. The van der Waals surface area contributed by atoms with Crippen molar-refractivity contribution in [2.75, 3.05) is 45.2 Å². The Morgan fingerprint density at radius 3 is 1.22 bits per heavy atom. The Morgan fingerprint density at radius 1 is 0.531 bits per heavy atom. The predicted molar refractivity (Wildman–Crippen MR) is 199 cm³/mol. The fraction of sp³-hybridized carbons (Fsp3) is 0.297. The molecule has 2 aromatic heterocycles. The van der Waals surface area contributed by atoms with Crippen LogP contribution in [0.2, 0.25) is 0 Å². The lowest BCUT2D eigenvalue weighted by atomic mass is 10.0. The summed E-state index contributed by atoms with van der Waals surface area (Å²) in [5, 5.41) is 28.7. The summed E-state index contributed by atoms with van der Waals surface area (Å²) in [7, 11) is 0. The maximum Gasteiger partial charge on any atom is 0.314 e. The minimum Gasteiger partial charge on any atom is -0.374 e. The first-order valence-corrected chi connectivity index (χ1v) is 16.1. The largest absolute Gasteiger partial charge is 0.374 e. The quantitative estimate of drug-likeness (QED) is 0.0622. The van der Waals surface area contributed by atoms with Crippen LogP contribution in [0.15, 0.2) is 30.6 Å². The number of aromatic amines is 2. The van der Waals surface area contributed by atoms with E-state index in [0.29, 0.717) is 24.7 Å². The Balaban J connectivity index is 1.34. The smallest absolute Gasteiger partial charge is 0.314 e. The van der Waals surface area contributed by atoms with E-state index >= 15 is 0 Å². The number of terminal acetylenes is 2. The molecule has 0 unspecified atom stereocenters. The second-order valence-corrected chi connectivity index (χ2v) is 12.4. The molecule has 0 spiro atoms. The fourth-order valence-electron chi connectivity index (χ4n) is 6.42. The van der Waals surface area contributed by atoms with Gasteiger partial charge in [-0.25, -0.2) is 10.9 Å². The van der Waals surface area contributed by atoms with E-state index in [-0.39, 0.29) is 0 Å². The molecule has 0 aliphatic carbocycles. The van der Waals surface area contributed by atoms with Crippen LogP contribution in [-0.4, -0.2) is 33.7 Å². The number of nitrogens with one attached hydrogen (secondary N) is 8. The number of hydrogen-bond acceptors (Lipinski definition) is 8. The van der Waals surface area contributed by atoms with Crippen molar-refractivity contribution in [3.05, 3.63) is 80.7 Å². The Bertz CT molecular complexity index is 1960.